The van der Waals surface area contributed by atoms with Crippen LogP contribution in [0, 0.1) is 0 Å². The molecule has 0 aliphatic carbocycles. The van der Waals surface area contributed by atoms with Crippen molar-refractivity contribution in [3.63, 3.8) is 0 Å². The zero-order chi connectivity index (χ0) is 37.3. The summed E-state index contributed by atoms with van der Waals surface area (Å²) in [6, 6.07) is 22.1. The number of rotatable bonds is 15. The first kappa shape index (κ1) is 40.6. The van der Waals surface area contributed by atoms with Gasteiger partial charge in [-0.25, -0.2) is 16.8 Å². The summed E-state index contributed by atoms with van der Waals surface area (Å²) in [5, 5.41) is 4.02. The summed E-state index contributed by atoms with van der Waals surface area (Å²) < 4.78 is 64.8. The molecule has 4 rings (SSSR count). The highest BCUT2D eigenvalue weighted by molar-refractivity contribution is 7.95. The summed E-state index contributed by atoms with van der Waals surface area (Å²) in [4.78, 5) is 14.7. The van der Waals surface area contributed by atoms with Crippen LogP contribution in [0.5, 0.6) is 0 Å². The molecule has 0 fully saturated rings. The quantitative estimate of drug-likeness (QED) is 0.169. The van der Waals surface area contributed by atoms with Gasteiger partial charge in [0.25, 0.3) is 10.0 Å². The third kappa shape index (κ3) is 6.98. The summed E-state index contributed by atoms with van der Waals surface area (Å²) in [6.45, 7) is 20.5. The second-order valence-electron chi connectivity index (χ2n) is 14.8. The second-order valence-corrected chi connectivity index (χ2v) is 25.6. The molecule has 3 aromatic rings. The van der Waals surface area contributed by atoms with E-state index in [0.717, 1.165) is 11.3 Å². The second kappa shape index (κ2) is 15.0. The van der Waals surface area contributed by atoms with Crippen molar-refractivity contribution >= 4 is 55.4 Å². The van der Waals surface area contributed by atoms with Crippen molar-refractivity contribution in [2.75, 3.05) is 6.54 Å². The van der Waals surface area contributed by atoms with E-state index in [-0.39, 0.29) is 38.1 Å². The van der Waals surface area contributed by atoms with Gasteiger partial charge in [0, 0.05) is 11.6 Å². The van der Waals surface area contributed by atoms with Crippen molar-refractivity contribution in [1.29, 1.82) is 0 Å². The summed E-state index contributed by atoms with van der Waals surface area (Å²) in [6.07, 6.45) is 0.403. The smallest absolute Gasteiger partial charge is 0.251 e. The lowest BCUT2D eigenvalue weighted by molar-refractivity contribution is -0.142. The fraction of sp³-hybridized carbons (Fsp3) is 0.553. The number of carbonyl (C=O) groups excluding carboxylic acids is 1. The van der Waals surface area contributed by atoms with E-state index < -0.39 is 50.1 Å². The number of Topliss-reactive ketones (excluding diaryl/α,β-unsaturated/α-hetero) is 1. The molecule has 0 saturated heterocycles. The van der Waals surface area contributed by atoms with Gasteiger partial charge in [-0.1, -0.05) is 120 Å². The molecule has 0 spiro atoms. The van der Waals surface area contributed by atoms with Gasteiger partial charge in [-0.05, 0) is 64.1 Å². The maximum Gasteiger partial charge on any atom is 0.251 e. The molecule has 1 aliphatic rings. The van der Waals surface area contributed by atoms with Gasteiger partial charge < -0.3 is 10.1 Å². The molecule has 0 amide bonds. The molecule has 12 heteroatoms. The molecular formula is C38H56N2O6S3Si. The van der Waals surface area contributed by atoms with E-state index in [1.54, 1.807) is 27.7 Å². The highest BCUT2D eigenvalue weighted by Crippen LogP contribution is 2.47. The van der Waals surface area contributed by atoms with E-state index in [1.165, 1.54) is 16.4 Å². The molecule has 0 bridgehead atoms. The Morgan fingerprint density at radius 2 is 1.46 bits per heavy atom. The highest BCUT2D eigenvalue weighted by Gasteiger charge is 2.61. The Hall–Kier alpha value is -2.19. The zero-order valence-electron chi connectivity index (χ0n) is 31.3. The number of fused-ring (bicyclic) bond motifs is 1. The Morgan fingerprint density at radius 1 is 0.940 bits per heavy atom. The molecule has 1 unspecified atom stereocenters. The van der Waals surface area contributed by atoms with Crippen molar-refractivity contribution in [2.45, 2.75) is 137 Å². The summed E-state index contributed by atoms with van der Waals surface area (Å²) in [5.74, 6) is -0.350. The minimum atomic E-state index is -4.30. The topological polar surface area (TPSA) is 119 Å². The van der Waals surface area contributed by atoms with Crippen molar-refractivity contribution in [3.05, 3.63) is 72.3 Å². The van der Waals surface area contributed by atoms with E-state index in [2.05, 4.69) is 93.2 Å². The average molecular weight is 761 g/mol. The first-order valence-corrected chi connectivity index (χ1v) is 23.6. The van der Waals surface area contributed by atoms with Crippen LogP contribution in [0.15, 0.2) is 75.1 Å². The monoisotopic (exact) mass is 760 g/mol. The van der Waals surface area contributed by atoms with E-state index in [1.807, 2.05) is 19.1 Å². The van der Waals surface area contributed by atoms with Gasteiger partial charge in [0.1, 0.15) is 14.5 Å². The fourth-order valence-electron chi connectivity index (χ4n) is 8.35. The first-order valence-electron chi connectivity index (χ1n) is 17.8. The van der Waals surface area contributed by atoms with Gasteiger partial charge in [-0.15, -0.1) is 11.3 Å². The number of ether oxygens (including phenoxy) is 1. The molecule has 2 aromatic carbocycles. The molecule has 276 valence electrons. The van der Waals surface area contributed by atoms with E-state index in [0.29, 0.717) is 24.9 Å². The molecule has 2 N–H and O–H groups in total. The minimum absolute atomic E-state index is 0.0771. The fourth-order valence-corrected chi connectivity index (χ4v) is 21.0. The van der Waals surface area contributed by atoms with E-state index >= 15 is 0 Å². The number of ketones is 1. The van der Waals surface area contributed by atoms with Crippen LogP contribution in [0.25, 0.3) is 0 Å². The summed E-state index contributed by atoms with van der Waals surface area (Å²) >= 11 is 0.764. The number of hydrogen-bond acceptors (Lipinski definition) is 8. The largest absolute Gasteiger partial charge is 0.367 e. The lowest BCUT2D eigenvalue weighted by Gasteiger charge is -2.55. The minimum Gasteiger partial charge on any atom is -0.367 e. The standard InChI is InChI=1S/C38H56N2O6S3Si/c1-11-37(10,50(36(7,8)9,29-21-17-15-18-22-29)30-23-19-16-20-24-30)46-28(6)34(41)38(12-2,13-3)40-49(44,45)33-26-31-32(39-14-4)25-27(5)48(42,43)35(31)47-33/h15-24,26-28,32,39-40H,11-14,25H2,1-10H3/t27-,28-,32-,37?/m0/s1. The number of sulfone groups is 1. The Labute approximate surface area is 305 Å². The molecule has 0 radical (unpaired) electrons. The predicted molar refractivity (Wildman–Crippen MR) is 208 cm³/mol. The molecule has 1 aliphatic heterocycles. The van der Waals surface area contributed by atoms with Crippen LogP contribution in [0.4, 0.5) is 0 Å². The highest BCUT2D eigenvalue weighted by atomic mass is 32.3. The summed E-state index contributed by atoms with van der Waals surface area (Å²) in [5.41, 5.74) is -1.00. The Bertz CT molecular complexity index is 1810. The van der Waals surface area contributed by atoms with Crippen molar-refractivity contribution in [2.24, 2.45) is 0 Å². The number of carbonyl (C=O) groups is 1. The number of hydrogen-bond donors (Lipinski definition) is 2. The van der Waals surface area contributed by atoms with Gasteiger partial charge in [0.05, 0.1) is 16.0 Å². The Morgan fingerprint density at radius 3 is 1.90 bits per heavy atom. The van der Waals surface area contributed by atoms with Crippen molar-refractivity contribution < 1.29 is 26.4 Å². The van der Waals surface area contributed by atoms with Crippen molar-refractivity contribution in [3.8, 4) is 0 Å². The van der Waals surface area contributed by atoms with Gasteiger partial charge in [-0.3, -0.25) is 4.79 Å². The SMILES string of the molecule is CCN[C@H]1C[C@H](C)S(=O)(=O)c2sc(S(=O)(=O)NC(CC)(CC)C(=O)[C@H](C)OC(C)(CC)[Si](c3ccccc3)(c3ccccc3)C(C)(C)C)cc21. The van der Waals surface area contributed by atoms with Crippen LogP contribution < -0.4 is 20.4 Å². The third-order valence-electron chi connectivity index (χ3n) is 11.0. The van der Waals surface area contributed by atoms with Crippen LogP contribution in [0.1, 0.15) is 107 Å². The van der Waals surface area contributed by atoms with Crippen LogP contribution in [-0.2, 0) is 29.4 Å². The van der Waals surface area contributed by atoms with Crippen LogP contribution in [-0.4, -0.2) is 59.4 Å². The number of nitrogens with one attached hydrogen (secondary N) is 2. The number of sulfonamides is 1. The van der Waals surface area contributed by atoms with Gasteiger partial charge in [0.2, 0.25) is 0 Å². The molecule has 50 heavy (non-hydrogen) atoms. The third-order valence-corrected chi connectivity index (χ3v) is 23.6. The molecular weight excluding hydrogens is 705 g/mol. The Balaban J connectivity index is 1.78. The van der Waals surface area contributed by atoms with Crippen molar-refractivity contribution in [1.82, 2.24) is 10.0 Å². The van der Waals surface area contributed by atoms with Gasteiger partial charge in [-0.2, -0.15) is 4.72 Å². The maximum absolute atomic E-state index is 14.7. The van der Waals surface area contributed by atoms with Gasteiger partial charge in [0.15, 0.2) is 23.7 Å². The molecule has 4 atom stereocenters. The van der Waals surface area contributed by atoms with E-state index in [9.17, 15) is 21.6 Å². The van der Waals surface area contributed by atoms with Crippen LogP contribution >= 0.6 is 11.3 Å². The zero-order valence-corrected chi connectivity index (χ0v) is 34.7. The lowest BCUT2D eigenvalue weighted by atomic mass is 9.86. The number of benzene rings is 2. The summed E-state index contributed by atoms with van der Waals surface area (Å²) in [7, 11) is -10.9. The maximum atomic E-state index is 14.7. The molecule has 8 nitrogen and oxygen atoms in total. The predicted octanol–water partition coefficient (Wildman–Crippen LogP) is 6.55. The lowest BCUT2D eigenvalue weighted by Crippen LogP contribution is -2.78. The normalized spacial score (nSPS) is 20.1. The van der Waals surface area contributed by atoms with Gasteiger partial charge >= 0.3 is 0 Å². The van der Waals surface area contributed by atoms with E-state index in [4.69, 9.17) is 4.74 Å². The first-order chi connectivity index (χ1) is 23.3. The van der Waals surface area contributed by atoms with Crippen LogP contribution in [0.3, 0.4) is 0 Å². The molecule has 0 saturated carbocycles. The molecule has 2 heterocycles. The average Bonchev–Trinajstić information content (AvgIpc) is 3.55. The van der Waals surface area contributed by atoms with Crippen LogP contribution in [0.2, 0.25) is 5.04 Å². The molecule has 1 aromatic heterocycles. The number of thiophene rings is 1. The Kier molecular flexibility index (Phi) is 12.2.